The van der Waals surface area contributed by atoms with Gasteiger partial charge >= 0.3 is 5.97 Å². The van der Waals surface area contributed by atoms with Gasteiger partial charge in [-0.2, -0.15) is 5.26 Å². The van der Waals surface area contributed by atoms with E-state index in [2.05, 4.69) is 16.4 Å². The summed E-state index contributed by atoms with van der Waals surface area (Å²) in [6.07, 6.45) is 2.72. The van der Waals surface area contributed by atoms with Crippen LogP contribution in [0.15, 0.2) is 87.1 Å². The van der Waals surface area contributed by atoms with Gasteiger partial charge in [-0.3, -0.25) is 9.79 Å². The fourth-order valence-corrected chi connectivity index (χ4v) is 4.01. The number of hydrogen-bond acceptors (Lipinski definition) is 7. The first kappa shape index (κ1) is 24.9. The number of para-hydroxylation sites is 2. The maximum absolute atomic E-state index is 13.1. The molecule has 0 radical (unpaired) electrons. The number of carbonyl (C=O) groups is 1. The summed E-state index contributed by atoms with van der Waals surface area (Å²) in [6.45, 7) is 3.73. The van der Waals surface area contributed by atoms with Gasteiger partial charge < -0.3 is 20.6 Å². The van der Waals surface area contributed by atoms with Gasteiger partial charge in [0, 0.05) is 29.7 Å². The van der Waals surface area contributed by atoms with Crippen LogP contribution in [-0.2, 0) is 0 Å². The molecule has 0 saturated heterocycles. The predicted octanol–water partition coefficient (Wildman–Crippen LogP) is 5.55. The number of hydrogen-bond donors (Lipinski definition) is 3. The molecular formula is C29H24N4O4. The Kier molecular flexibility index (Phi) is 7.16. The molecule has 4 aromatic rings. The second-order valence-corrected chi connectivity index (χ2v) is 8.43. The molecule has 184 valence electrons. The van der Waals surface area contributed by atoms with Gasteiger partial charge in [0.15, 0.2) is 5.43 Å². The van der Waals surface area contributed by atoms with Crippen LogP contribution in [0.5, 0.6) is 0 Å². The zero-order valence-corrected chi connectivity index (χ0v) is 20.2. The standard InChI is InChI=1S/C29H24N4O4/c1-17-11-22(18(2)33-25-10-6-4-8-21(25)29(35)36)28-23(12-17)26(34)13-27(37-28)20(15-31)16-32-24-9-5-3-7-19(24)14-30/h3-13,15-16,18,33H,31H2,1-2H3,(H,35,36)/b20-15+,32-16?. The van der Waals surface area contributed by atoms with Crippen molar-refractivity contribution in [1.29, 1.82) is 5.26 Å². The number of aryl methyl sites for hydroxylation is 1. The molecule has 0 aliphatic carbocycles. The number of nitrogens with zero attached hydrogens (tertiary/aromatic N) is 2. The van der Waals surface area contributed by atoms with Crippen LogP contribution in [0.25, 0.3) is 16.5 Å². The summed E-state index contributed by atoms with van der Waals surface area (Å²) in [6, 6.07) is 20.1. The zero-order chi connectivity index (χ0) is 26.5. The Labute approximate surface area is 213 Å². The minimum atomic E-state index is -1.05. The first-order valence-electron chi connectivity index (χ1n) is 11.4. The number of aromatic carboxylic acids is 1. The molecule has 1 atom stereocenters. The van der Waals surface area contributed by atoms with Crippen molar-refractivity contribution >= 4 is 40.1 Å². The number of aliphatic imine (C=N–C) groups is 1. The van der Waals surface area contributed by atoms with E-state index < -0.39 is 12.0 Å². The lowest BCUT2D eigenvalue weighted by molar-refractivity contribution is 0.0698. The van der Waals surface area contributed by atoms with Crippen LogP contribution < -0.4 is 16.5 Å². The summed E-state index contributed by atoms with van der Waals surface area (Å²) in [5, 5.41) is 22.5. The van der Waals surface area contributed by atoms with Crippen LogP contribution in [0, 0.1) is 18.3 Å². The van der Waals surface area contributed by atoms with Crippen molar-refractivity contribution in [3.63, 3.8) is 0 Å². The van der Waals surface area contributed by atoms with E-state index >= 15 is 0 Å². The largest absolute Gasteiger partial charge is 0.478 e. The summed E-state index contributed by atoms with van der Waals surface area (Å²) in [7, 11) is 0. The molecule has 4 rings (SSSR count). The quantitative estimate of drug-likeness (QED) is 0.287. The smallest absolute Gasteiger partial charge is 0.337 e. The number of allylic oxidation sites excluding steroid dienone is 1. The highest BCUT2D eigenvalue weighted by Crippen LogP contribution is 2.30. The molecule has 37 heavy (non-hydrogen) atoms. The van der Waals surface area contributed by atoms with Gasteiger partial charge in [-0.25, -0.2) is 4.79 Å². The number of nitriles is 1. The summed E-state index contributed by atoms with van der Waals surface area (Å²) in [4.78, 5) is 29.1. The number of nitrogens with two attached hydrogens (primary N) is 1. The molecule has 8 nitrogen and oxygen atoms in total. The molecule has 0 saturated carbocycles. The van der Waals surface area contributed by atoms with Gasteiger partial charge in [0.1, 0.15) is 17.4 Å². The Morgan fingerprint density at radius 1 is 1.16 bits per heavy atom. The average Bonchev–Trinajstić information content (AvgIpc) is 2.89. The summed E-state index contributed by atoms with van der Waals surface area (Å²) in [5.41, 5.74) is 9.27. The SMILES string of the molecule is Cc1cc(C(C)Nc2ccccc2C(=O)O)c2oc(/C(C=Nc3ccccc3C#N)=C/N)cc(=O)c2c1. The van der Waals surface area contributed by atoms with Crippen molar-refractivity contribution in [1.82, 2.24) is 0 Å². The molecule has 4 N–H and O–H groups in total. The number of carboxylic acid groups (broad SMARTS) is 1. The van der Waals surface area contributed by atoms with Gasteiger partial charge in [0.05, 0.1) is 33.8 Å². The van der Waals surface area contributed by atoms with Crippen molar-refractivity contribution in [3.05, 3.63) is 111 Å². The van der Waals surface area contributed by atoms with E-state index in [0.717, 1.165) is 5.56 Å². The van der Waals surface area contributed by atoms with Crippen LogP contribution in [0.2, 0.25) is 0 Å². The molecule has 1 unspecified atom stereocenters. The number of carboxylic acids is 1. The first-order chi connectivity index (χ1) is 17.8. The molecule has 1 heterocycles. The third kappa shape index (κ3) is 5.26. The number of nitrogens with one attached hydrogen (secondary N) is 1. The molecule has 0 fully saturated rings. The monoisotopic (exact) mass is 492 g/mol. The van der Waals surface area contributed by atoms with Crippen molar-refractivity contribution in [2.75, 3.05) is 5.32 Å². The van der Waals surface area contributed by atoms with Gasteiger partial charge in [0.25, 0.3) is 0 Å². The van der Waals surface area contributed by atoms with E-state index in [-0.39, 0.29) is 16.8 Å². The lowest BCUT2D eigenvalue weighted by Gasteiger charge is -2.19. The Morgan fingerprint density at radius 2 is 1.89 bits per heavy atom. The number of anilines is 1. The molecular weight excluding hydrogens is 468 g/mol. The topological polar surface area (TPSA) is 142 Å². The Hall–Kier alpha value is -5.16. The van der Waals surface area contributed by atoms with Crippen LogP contribution in [0.1, 0.15) is 45.8 Å². The molecule has 0 aliphatic heterocycles. The highest BCUT2D eigenvalue weighted by molar-refractivity contribution is 6.09. The molecule has 0 bridgehead atoms. The first-order valence-corrected chi connectivity index (χ1v) is 11.4. The number of fused-ring (bicyclic) bond motifs is 1. The van der Waals surface area contributed by atoms with Crippen molar-refractivity contribution in [2.45, 2.75) is 19.9 Å². The Morgan fingerprint density at radius 3 is 2.62 bits per heavy atom. The molecule has 0 aliphatic rings. The van der Waals surface area contributed by atoms with Crippen LogP contribution in [0.3, 0.4) is 0 Å². The van der Waals surface area contributed by atoms with Crippen molar-refractivity contribution in [3.8, 4) is 6.07 Å². The number of rotatable bonds is 7. The van der Waals surface area contributed by atoms with E-state index in [9.17, 15) is 20.0 Å². The van der Waals surface area contributed by atoms with Crippen LogP contribution in [-0.4, -0.2) is 17.3 Å². The Bertz CT molecular complexity index is 1660. The Balaban J connectivity index is 1.79. The van der Waals surface area contributed by atoms with E-state index in [1.165, 1.54) is 24.5 Å². The van der Waals surface area contributed by atoms with E-state index in [0.29, 0.717) is 39.0 Å². The van der Waals surface area contributed by atoms with Crippen LogP contribution >= 0.6 is 0 Å². The third-order valence-electron chi connectivity index (χ3n) is 5.83. The second-order valence-electron chi connectivity index (χ2n) is 8.43. The fourth-order valence-electron chi connectivity index (χ4n) is 4.01. The molecule has 3 aromatic carbocycles. The van der Waals surface area contributed by atoms with Gasteiger partial charge in [-0.1, -0.05) is 30.3 Å². The van der Waals surface area contributed by atoms with E-state index in [1.54, 1.807) is 48.5 Å². The van der Waals surface area contributed by atoms with Gasteiger partial charge in [-0.05, 0) is 49.7 Å². The maximum atomic E-state index is 13.1. The lowest BCUT2D eigenvalue weighted by Crippen LogP contribution is -2.13. The predicted molar refractivity (Wildman–Crippen MR) is 144 cm³/mol. The zero-order valence-electron chi connectivity index (χ0n) is 20.2. The maximum Gasteiger partial charge on any atom is 0.337 e. The van der Waals surface area contributed by atoms with Crippen molar-refractivity contribution in [2.24, 2.45) is 10.7 Å². The summed E-state index contributed by atoms with van der Waals surface area (Å²) in [5.74, 6) is -0.838. The van der Waals surface area contributed by atoms with Gasteiger partial charge in [-0.15, -0.1) is 0 Å². The third-order valence-corrected chi connectivity index (χ3v) is 5.83. The summed E-state index contributed by atoms with van der Waals surface area (Å²) >= 11 is 0. The highest BCUT2D eigenvalue weighted by Gasteiger charge is 2.18. The van der Waals surface area contributed by atoms with E-state index in [4.69, 9.17) is 10.2 Å². The highest BCUT2D eigenvalue weighted by atomic mass is 16.4. The molecule has 0 amide bonds. The number of benzene rings is 3. The fraction of sp³-hybridized carbons (Fsp3) is 0.103. The second kappa shape index (κ2) is 10.6. The average molecular weight is 493 g/mol. The van der Waals surface area contributed by atoms with E-state index in [1.807, 2.05) is 19.9 Å². The van der Waals surface area contributed by atoms with Crippen LogP contribution in [0.4, 0.5) is 11.4 Å². The normalized spacial score (nSPS) is 12.4. The molecule has 8 heteroatoms. The minimum Gasteiger partial charge on any atom is -0.478 e. The lowest BCUT2D eigenvalue weighted by atomic mass is 10.00. The van der Waals surface area contributed by atoms with Crippen molar-refractivity contribution < 1.29 is 14.3 Å². The van der Waals surface area contributed by atoms with Gasteiger partial charge in [0.2, 0.25) is 0 Å². The molecule has 0 spiro atoms. The molecule has 1 aromatic heterocycles. The minimum absolute atomic E-state index is 0.135. The summed E-state index contributed by atoms with van der Waals surface area (Å²) < 4.78 is 6.20.